The Bertz CT molecular complexity index is 961. The smallest absolute Gasteiger partial charge is 0.231 e. The fourth-order valence-corrected chi connectivity index (χ4v) is 4.79. The maximum Gasteiger partial charge on any atom is 0.231 e. The van der Waals surface area contributed by atoms with Gasteiger partial charge in [0.2, 0.25) is 11.9 Å². The molecule has 0 atom stereocenters. The number of nitrogens with one attached hydrogen (secondary N) is 1. The summed E-state index contributed by atoms with van der Waals surface area (Å²) >= 11 is 0. The van der Waals surface area contributed by atoms with Crippen LogP contribution in [0, 0.1) is 6.92 Å². The number of hydrogen-bond donors (Lipinski definition) is 1. The van der Waals surface area contributed by atoms with E-state index in [0.29, 0.717) is 16.9 Å². The third-order valence-corrected chi connectivity index (χ3v) is 6.77. The fraction of sp³-hybridized carbons (Fsp3) is 0.500. The van der Waals surface area contributed by atoms with E-state index in [1.165, 1.54) is 5.56 Å². The van der Waals surface area contributed by atoms with E-state index < -0.39 is 9.84 Å². The molecule has 1 heterocycles. The lowest BCUT2D eigenvalue weighted by molar-refractivity contribution is -0.115. The van der Waals surface area contributed by atoms with Crippen LogP contribution in [0.2, 0.25) is 0 Å². The van der Waals surface area contributed by atoms with Crippen LogP contribution < -0.4 is 5.32 Å². The summed E-state index contributed by atoms with van der Waals surface area (Å²) in [5, 5.41) is 10.7. The fourth-order valence-electron chi connectivity index (χ4n) is 3.50. The normalized spacial score (nSPS) is 16.5. The Morgan fingerprint density at radius 2 is 2.00 bits per heavy atom. The van der Waals surface area contributed by atoms with Crippen LogP contribution in [-0.2, 0) is 27.5 Å². The number of sulfone groups is 1. The van der Waals surface area contributed by atoms with Crippen LogP contribution in [0.25, 0.3) is 0 Å². The molecule has 1 aromatic heterocycles. The van der Waals surface area contributed by atoms with Gasteiger partial charge in [0.1, 0.15) is 5.82 Å². The zero-order valence-electron chi connectivity index (χ0n) is 14.7. The minimum absolute atomic E-state index is 0.101. The number of anilines is 1. The van der Waals surface area contributed by atoms with Gasteiger partial charge in [-0.2, -0.15) is 0 Å². The van der Waals surface area contributed by atoms with E-state index in [1.807, 2.05) is 17.6 Å². The molecule has 2 aliphatic rings. The summed E-state index contributed by atoms with van der Waals surface area (Å²) in [6, 6.07) is 5.67. The Kier molecular flexibility index (Phi) is 4.30. The number of carbonyl (C=O) groups is 1. The van der Waals surface area contributed by atoms with Crippen LogP contribution >= 0.6 is 0 Å². The lowest BCUT2D eigenvalue weighted by atomic mass is 10.1. The summed E-state index contributed by atoms with van der Waals surface area (Å²) in [5.41, 5.74) is 2.35. The number of aromatic nitrogens is 3. The SMILES string of the molecule is Cc1nnc(NC(=O)CCS(=O)(=O)c2ccc3c(c2)CCC3)n1C1CC1. The van der Waals surface area contributed by atoms with Crippen molar-refractivity contribution in [2.24, 2.45) is 0 Å². The first kappa shape index (κ1) is 17.2. The van der Waals surface area contributed by atoms with E-state index in [1.54, 1.807) is 12.1 Å². The van der Waals surface area contributed by atoms with Crippen molar-refractivity contribution in [1.29, 1.82) is 0 Å². The van der Waals surface area contributed by atoms with Gasteiger partial charge >= 0.3 is 0 Å². The molecule has 0 aliphatic heterocycles. The van der Waals surface area contributed by atoms with E-state index in [9.17, 15) is 13.2 Å². The Labute approximate surface area is 152 Å². The van der Waals surface area contributed by atoms with Crippen LogP contribution in [0.3, 0.4) is 0 Å². The molecule has 1 amide bonds. The Balaban J connectivity index is 1.41. The molecule has 0 radical (unpaired) electrons. The number of carbonyl (C=O) groups excluding carboxylic acids is 1. The molecule has 2 aromatic rings. The summed E-state index contributed by atoms with van der Waals surface area (Å²) in [4.78, 5) is 12.5. The first-order valence-corrected chi connectivity index (χ1v) is 10.7. The first-order valence-electron chi connectivity index (χ1n) is 9.00. The maximum atomic E-state index is 12.6. The van der Waals surface area contributed by atoms with Crippen molar-refractivity contribution in [3.8, 4) is 0 Å². The Morgan fingerprint density at radius 1 is 1.23 bits per heavy atom. The van der Waals surface area contributed by atoms with Crippen molar-refractivity contribution in [2.45, 2.75) is 56.4 Å². The monoisotopic (exact) mass is 374 g/mol. The van der Waals surface area contributed by atoms with Gasteiger partial charge in [0.25, 0.3) is 0 Å². The summed E-state index contributed by atoms with van der Waals surface area (Å²) in [7, 11) is -3.48. The molecule has 0 spiro atoms. The first-order chi connectivity index (χ1) is 12.4. The molecular weight excluding hydrogens is 352 g/mol. The zero-order valence-corrected chi connectivity index (χ0v) is 15.6. The quantitative estimate of drug-likeness (QED) is 0.837. The molecular formula is C18H22N4O3S. The summed E-state index contributed by atoms with van der Waals surface area (Å²) in [6.45, 7) is 1.85. The lowest BCUT2D eigenvalue weighted by Crippen LogP contribution is -2.20. The van der Waals surface area contributed by atoms with Crippen LogP contribution in [0.5, 0.6) is 0 Å². The molecule has 1 aromatic carbocycles. The molecule has 0 saturated heterocycles. The van der Waals surface area contributed by atoms with Crippen LogP contribution in [0.4, 0.5) is 5.95 Å². The van der Waals surface area contributed by atoms with Crippen molar-refractivity contribution in [1.82, 2.24) is 14.8 Å². The largest absolute Gasteiger partial charge is 0.295 e. The van der Waals surface area contributed by atoms with Crippen LogP contribution in [0.1, 0.15) is 48.7 Å². The molecule has 7 nitrogen and oxygen atoms in total. The molecule has 1 fully saturated rings. The highest BCUT2D eigenvalue weighted by molar-refractivity contribution is 7.91. The van der Waals surface area contributed by atoms with E-state index in [4.69, 9.17) is 0 Å². The Hall–Kier alpha value is -2.22. The second-order valence-corrected chi connectivity index (χ2v) is 9.18. The zero-order chi connectivity index (χ0) is 18.3. The molecule has 2 aliphatic carbocycles. The lowest BCUT2D eigenvalue weighted by Gasteiger charge is -2.09. The van der Waals surface area contributed by atoms with Gasteiger partial charge in [-0.05, 0) is 62.3 Å². The van der Waals surface area contributed by atoms with Crippen molar-refractivity contribution >= 4 is 21.7 Å². The molecule has 1 saturated carbocycles. The molecule has 1 N–H and O–H groups in total. The van der Waals surface area contributed by atoms with Crippen molar-refractivity contribution in [3.05, 3.63) is 35.2 Å². The van der Waals surface area contributed by atoms with Crippen LogP contribution in [-0.4, -0.2) is 34.8 Å². The average Bonchev–Trinajstić information content (AvgIpc) is 3.21. The molecule has 138 valence electrons. The number of hydrogen-bond acceptors (Lipinski definition) is 5. The summed E-state index contributed by atoms with van der Waals surface area (Å²) < 4.78 is 27.0. The number of amides is 1. The van der Waals surface area contributed by atoms with Gasteiger partial charge in [0.15, 0.2) is 9.84 Å². The second kappa shape index (κ2) is 6.50. The van der Waals surface area contributed by atoms with Crippen molar-refractivity contribution < 1.29 is 13.2 Å². The third kappa shape index (κ3) is 3.38. The number of aryl methyl sites for hydroxylation is 3. The summed E-state index contributed by atoms with van der Waals surface area (Å²) in [6.07, 6.45) is 5.01. The van der Waals surface area contributed by atoms with Crippen molar-refractivity contribution in [3.63, 3.8) is 0 Å². The maximum absolute atomic E-state index is 12.6. The van der Waals surface area contributed by atoms with E-state index >= 15 is 0 Å². The number of nitrogens with zero attached hydrogens (tertiary/aromatic N) is 3. The predicted octanol–water partition coefficient (Wildman–Crippen LogP) is 2.21. The molecule has 4 rings (SSSR count). The minimum Gasteiger partial charge on any atom is -0.295 e. The minimum atomic E-state index is -3.48. The number of benzene rings is 1. The molecule has 0 bridgehead atoms. The van der Waals surface area contributed by atoms with Gasteiger partial charge in [-0.25, -0.2) is 8.42 Å². The standard InChI is InChI=1S/C18H22N4O3S/c1-12-20-21-18(22(12)15-6-7-15)19-17(23)9-10-26(24,25)16-8-5-13-3-2-4-14(13)11-16/h5,8,11,15H,2-4,6-7,9-10H2,1H3,(H,19,21,23). The van der Waals surface area contributed by atoms with Gasteiger partial charge in [-0.3, -0.25) is 14.7 Å². The van der Waals surface area contributed by atoms with E-state index in [2.05, 4.69) is 15.5 Å². The topological polar surface area (TPSA) is 94.0 Å². The van der Waals surface area contributed by atoms with Crippen molar-refractivity contribution in [2.75, 3.05) is 11.1 Å². The van der Waals surface area contributed by atoms with Gasteiger partial charge in [0, 0.05) is 12.5 Å². The number of rotatable bonds is 6. The van der Waals surface area contributed by atoms with Gasteiger partial charge < -0.3 is 0 Å². The van der Waals surface area contributed by atoms with Gasteiger partial charge in [-0.15, -0.1) is 10.2 Å². The average molecular weight is 374 g/mol. The summed E-state index contributed by atoms with van der Waals surface area (Å²) in [5.74, 6) is 0.594. The molecule has 0 unspecified atom stereocenters. The second-order valence-electron chi connectivity index (χ2n) is 7.07. The van der Waals surface area contributed by atoms with Crippen LogP contribution in [0.15, 0.2) is 23.1 Å². The molecule has 26 heavy (non-hydrogen) atoms. The van der Waals surface area contributed by atoms with Gasteiger partial charge in [-0.1, -0.05) is 6.07 Å². The van der Waals surface area contributed by atoms with Gasteiger partial charge in [0.05, 0.1) is 10.6 Å². The van der Waals surface area contributed by atoms with E-state index in [0.717, 1.165) is 43.5 Å². The highest BCUT2D eigenvalue weighted by Gasteiger charge is 2.29. The molecule has 8 heteroatoms. The highest BCUT2D eigenvalue weighted by Crippen LogP contribution is 2.37. The van der Waals surface area contributed by atoms with E-state index in [-0.39, 0.29) is 18.1 Å². The Morgan fingerprint density at radius 3 is 2.77 bits per heavy atom. The number of fused-ring (bicyclic) bond motifs is 1. The predicted molar refractivity (Wildman–Crippen MR) is 96.8 cm³/mol. The highest BCUT2D eigenvalue weighted by atomic mass is 32.2. The third-order valence-electron chi connectivity index (χ3n) is 5.06.